The Kier molecular flexibility index (Phi) is 7.85. The number of anilines is 3. The number of hydrogen-bond acceptors (Lipinski definition) is 2. The summed E-state index contributed by atoms with van der Waals surface area (Å²) in [4.78, 5) is 2.45. The van der Waals surface area contributed by atoms with Crippen molar-refractivity contribution in [3.05, 3.63) is 259 Å². The lowest BCUT2D eigenvalue weighted by Gasteiger charge is -2.35. The minimum atomic E-state index is -0.531. The third-order valence-electron chi connectivity index (χ3n) is 13.5. The fraction of sp³-hybridized carbons (Fsp3) is 0.0164. The molecule has 1 heterocycles. The third kappa shape index (κ3) is 5.25. The van der Waals surface area contributed by atoms with Crippen molar-refractivity contribution in [2.45, 2.75) is 5.41 Å². The molecule has 13 rings (SSSR count). The van der Waals surface area contributed by atoms with Gasteiger partial charge >= 0.3 is 0 Å². The summed E-state index contributed by atoms with van der Waals surface area (Å²) in [6, 6.07) is 86.7. The van der Waals surface area contributed by atoms with Crippen molar-refractivity contribution in [2.24, 2.45) is 0 Å². The van der Waals surface area contributed by atoms with Crippen LogP contribution in [0, 0.1) is 0 Å². The van der Waals surface area contributed by atoms with Crippen LogP contribution in [0.3, 0.4) is 0 Å². The van der Waals surface area contributed by atoms with Crippen LogP contribution >= 0.6 is 0 Å². The van der Waals surface area contributed by atoms with Crippen molar-refractivity contribution in [1.82, 2.24) is 0 Å². The number of hydrogen-bond donors (Lipinski definition) is 0. The summed E-state index contributed by atoms with van der Waals surface area (Å²) in [5.41, 5.74) is 14.5. The van der Waals surface area contributed by atoms with E-state index in [0.717, 1.165) is 49.8 Å². The van der Waals surface area contributed by atoms with E-state index in [0.29, 0.717) is 0 Å². The van der Waals surface area contributed by atoms with Crippen LogP contribution in [-0.4, -0.2) is 0 Å². The predicted octanol–water partition coefficient (Wildman–Crippen LogP) is 16.5. The maximum absolute atomic E-state index is 6.65. The maximum atomic E-state index is 6.65. The van der Waals surface area contributed by atoms with E-state index in [1.807, 2.05) is 6.07 Å². The van der Waals surface area contributed by atoms with E-state index >= 15 is 0 Å². The molecule has 1 aliphatic rings. The van der Waals surface area contributed by atoms with Gasteiger partial charge in [0.25, 0.3) is 0 Å². The van der Waals surface area contributed by atoms with Crippen molar-refractivity contribution in [1.29, 1.82) is 0 Å². The number of furan rings is 1. The minimum Gasteiger partial charge on any atom is -0.455 e. The number of nitrogens with zero attached hydrogens (tertiary/aromatic N) is 1. The Hall–Kier alpha value is -8.20. The average molecular weight is 802 g/mol. The van der Waals surface area contributed by atoms with Crippen LogP contribution in [-0.2, 0) is 5.41 Å². The molecule has 0 bridgehead atoms. The molecule has 63 heavy (non-hydrogen) atoms. The molecule has 0 spiro atoms. The first-order valence-corrected chi connectivity index (χ1v) is 21.8. The Labute approximate surface area is 365 Å². The second-order valence-corrected chi connectivity index (χ2v) is 16.7. The first-order valence-electron chi connectivity index (χ1n) is 21.8. The number of rotatable bonds is 6. The largest absolute Gasteiger partial charge is 0.455 e. The van der Waals surface area contributed by atoms with Gasteiger partial charge in [0, 0.05) is 32.9 Å². The smallest absolute Gasteiger partial charge is 0.143 e. The highest BCUT2D eigenvalue weighted by atomic mass is 16.3. The molecule has 1 aliphatic carbocycles. The molecule has 0 radical (unpaired) electrons. The molecular formula is C61H39NO. The Morgan fingerprint density at radius 1 is 0.333 bits per heavy atom. The molecule has 0 unspecified atom stereocenters. The van der Waals surface area contributed by atoms with Gasteiger partial charge < -0.3 is 9.32 Å². The van der Waals surface area contributed by atoms with E-state index in [1.165, 1.54) is 66.1 Å². The van der Waals surface area contributed by atoms with E-state index in [-0.39, 0.29) is 0 Å². The van der Waals surface area contributed by atoms with Gasteiger partial charge in [0.05, 0.1) is 11.1 Å². The lowest BCUT2D eigenvalue weighted by molar-refractivity contribution is 0.672. The second kappa shape index (κ2) is 13.9. The molecule has 2 heteroatoms. The number of fused-ring (bicyclic) bond motifs is 11. The topological polar surface area (TPSA) is 16.4 Å². The lowest BCUT2D eigenvalue weighted by Crippen LogP contribution is -2.28. The van der Waals surface area contributed by atoms with Gasteiger partial charge in [0.15, 0.2) is 0 Å². The molecule has 0 N–H and O–H groups in total. The highest BCUT2D eigenvalue weighted by molar-refractivity contribution is 6.18. The van der Waals surface area contributed by atoms with E-state index < -0.39 is 5.41 Å². The Morgan fingerprint density at radius 3 is 1.71 bits per heavy atom. The van der Waals surface area contributed by atoms with Gasteiger partial charge in [0.2, 0.25) is 0 Å². The molecule has 294 valence electrons. The van der Waals surface area contributed by atoms with Crippen molar-refractivity contribution in [3.63, 3.8) is 0 Å². The molecule has 0 saturated carbocycles. The summed E-state index contributed by atoms with van der Waals surface area (Å²) >= 11 is 0. The average Bonchev–Trinajstić information content (AvgIpc) is 3.89. The minimum absolute atomic E-state index is 0.531. The van der Waals surface area contributed by atoms with E-state index in [4.69, 9.17) is 4.42 Å². The lowest BCUT2D eigenvalue weighted by atomic mass is 9.67. The van der Waals surface area contributed by atoms with Crippen molar-refractivity contribution in [2.75, 3.05) is 4.90 Å². The quantitative estimate of drug-likeness (QED) is 0.156. The van der Waals surface area contributed by atoms with Crippen LogP contribution in [0.4, 0.5) is 17.1 Å². The predicted molar refractivity (Wildman–Crippen MR) is 264 cm³/mol. The zero-order chi connectivity index (χ0) is 41.5. The molecule has 0 saturated heterocycles. The maximum Gasteiger partial charge on any atom is 0.143 e. The van der Waals surface area contributed by atoms with Gasteiger partial charge in [-0.3, -0.25) is 0 Å². The molecule has 12 aromatic rings. The van der Waals surface area contributed by atoms with Crippen LogP contribution in [0.5, 0.6) is 0 Å². The monoisotopic (exact) mass is 801 g/mol. The molecule has 0 aliphatic heterocycles. The van der Waals surface area contributed by atoms with E-state index in [1.54, 1.807) is 0 Å². The number of benzene rings is 11. The summed E-state index contributed by atoms with van der Waals surface area (Å²) in [5.74, 6) is 0. The molecule has 2 nitrogen and oxygen atoms in total. The Bertz CT molecular complexity index is 3690. The molecule has 1 aromatic heterocycles. The van der Waals surface area contributed by atoms with Crippen LogP contribution in [0.25, 0.3) is 76.5 Å². The van der Waals surface area contributed by atoms with Gasteiger partial charge in [0.1, 0.15) is 11.2 Å². The summed E-state index contributed by atoms with van der Waals surface area (Å²) < 4.78 is 6.65. The second-order valence-electron chi connectivity index (χ2n) is 16.7. The van der Waals surface area contributed by atoms with Crippen LogP contribution in [0.1, 0.15) is 22.3 Å². The van der Waals surface area contributed by atoms with Gasteiger partial charge in [-0.15, -0.1) is 0 Å². The van der Waals surface area contributed by atoms with Gasteiger partial charge in [-0.05, 0) is 115 Å². The summed E-state index contributed by atoms with van der Waals surface area (Å²) in [6.45, 7) is 0. The molecule has 0 fully saturated rings. The molecular weight excluding hydrogens is 763 g/mol. The summed E-state index contributed by atoms with van der Waals surface area (Å²) in [6.07, 6.45) is 0. The van der Waals surface area contributed by atoms with Crippen LogP contribution in [0.2, 0.25) is 0 Å². The van der Waals surface area contributed by atoms with Crippen LogP contribution < -0.4 is 4.90 Å². The Balaban J connectivity index is 1.06. The summed E-state index contributed by atoms with van der Waals surface area (Å²) in [7, 11) is 0. The van der Waals surface area contributed by atoms with Gasteiger partial charge in [-0.2, -0.15) is 0 Å². The molecule has 0 atom stereocenters. The normalized spacial score (nSPS) is 12.9. The Morgan fingerprint density at radius 2 is 0.921 bits per heavy atom. The standard InChI is InChI=1S/C61H39NO/c1-3-17-42(18-4-1)61(43-19-5-2-6-20-43)56-27-13-11-24-49(56)50-35-34-45(39-57(50)61)62(58-28-15-26-53-51(58)36-37-54-52-25-12-14-29-59(52)63-60(53)54)44-32-30-40(31-33-44)55-38-41-16-7-8-21-46(41)47-22-9-10-23-48(47)55/h1-39H. The molecule has 11 aromatic carbocycles. The molecule has 0 amide bonds. The van der Waals surface area contributed by atoms with Crippen molar-refractivity contribution >= 4 is 71.3 Å². The summed E-state index contributed by atoms with van der Waals surface area (Å²) in [5, 5.41) is 9.49. The van der Waals surface area contributed by atoms with Crippen LogP contribution in [0.15, 0.2) is 241 Å². The van der Waals surface area contributed by atoms with Crippen molar-refractivity contribution in [3.8, 4) is 22.3 Å². The van der Waals surface area contributed by atoms with Crippen molar-refractivity contribution < 1.29 is 4.42 Å². The zero-order valence-electron chi connectivity index (χ0n) is 34.4. The van der Waals surface area contributed by atoms with Gasteiger partial charge in [-0.25, -0.2) is 0 Å². The van der Waals surface area contributed by atoms with E-state index in [2.05, 4.69) is 235 Å². The zero-order valence-corrected chi connectivity index (χ0v) is 34.4. The first-order chi connectivity index (χ1) is 31.3. The first kappa shape index (κ1) is 35.5. The number of para-hydroxylation sites is 1. The highest BCUT2D eigenvalue weighted by Crippen LogP contribution is 2.57. The fourth-order valence-electron chi connectivity index (χ4n) is 10.8. The van der Waals surface area contributed by atoms with Gasteiger partial charge in [-0.1, -0.05) is 188 Å². The third-order valence-corrected chi connectivity index (χ3v) is 13.5. The SMILES string of the molecule is c1ccc(C2(c3ccccc3)c3ccccc3-c3ccc(N(c4ccc(-c5cc6ccccc6c6ccccc56)cc4)c4cccc5c4ccc4c6ccccc6oc54)cc32)cc1. The van der Waals surface area contributed by atoms with E-state index in [9.17, 15) is 0 Å². The fourth-order valence-corrected chi connectivity index (χ4v) is 10.8. The highest BCUT2D eigenvalue weighted by Gasteiger charge is 2.46.